The van der Waals surface area contributed by atoms with Crippen molar-refractivity contribution in [2.75, 3.05) is 5.75 Å². The molecule has 1 saturated carbocycles. The second kappa shape index (κ2) is 7.71. The van der Waals surface area contributed by atoms with Crippen LogP contribution in [0, 0.1) is 13.8 Å². The number of aryl methyl sites for hydroxylation is 2. The molecule has 0 bridgehead atoms. The van der Waals surface area contributed by atoms with Crippen LogP contribution in [0.5, 0.6) is 0 Å². The monoisotopic (exact) mass is 398 g/mol. The fourth-order valence-electron chi connectivity index (χ4n) is 2.94. The van der Waals surface area contributed by atoms with Crippen LogP contribution in [-0.2, 0) is 9.59 Å². The summed E-state index contributed by atoms with van der Waals surface area (Å²) in [7, 11) is 0. The molecule has 0 heterocycles. The lowest BCUT2D eigenvalue weighted by Gasteiger charge is -2.35. The van der Waals surface area contributed by atoms with E-state index in [0.717, 1.165) is 39.8 Å². The first-order valence-electron chi connectivity index (χ1n) is 7.84. The Bertz CT molecular complexity index is 613. The Morgan fingerprint density at radius 3 is 2.48 bits per heavy atom. The minimum Gasteiger partial charge on any atom is -0.368 e. The summed E-state index contributed by atoms with van der Waals surface area (Å²) in [6.45, 7) is 4.05. The number of nitrogens with two attached hydrogens (primary N) is 1. The molecule has 2 amide bonds. The van der Waals surface area contributed by atoms with E-state index in [1.807, 2.05) is 13.8 Å². The summed E-state index contributed by atoms with van der Waals surface area (Å²) >= 11 is 5.00. The smallest absolute Gasteiger partial charge is 0.243 e. The van der Waals surface area contributed by atoms with Gasteiger partial charge in [0.2, 0.25) is 11.8 Å². The van der Waals surface area contributed by atoms with E-state index in [2.05, 4.69) is 33.4 Å². The number of halogens is 1. The zero-order valence-corrected chi connectivity index (χ0v) is 16.0. The van der Waals surface area contributed by atoms with Gasteiger partial charge in [0.05, 0.1) is 5.75 Å². The van der Waals surface area contributed by atoms with Gasteiger partial charge < -0.3 is 11.1 Å². The number of hydrogen-bond donors (Lipinski definition) is 2. The Hall–Kier alpha value is -1.01. The minimum absolute atomic E-state index is 0.129. The first kappa shape index (κ1) is 18.3. The van der Waals surface area contributed by atoms with E-state index in [4.69, 9.17) is 5.73 Å². The standard InChI is InChI=1S/C17H23BrN2O2S/c1-11-9-14(12(2)8-13(11)18)23-10-15(21)20-17(16(19)22)6-4-3-5-7-17/h8-9H,3-7,10H2,1-2H3,(H2,19,22)(H,20,21). The average molecular weight is 399 g/mol. The van der Waals surface area contributed by atoms with Gasteiger partial charge in [0.1, 0.15) is 5.54 Å². The summed E-state index contributed by atoms with van der Waals surface area (Å²) < 4.78 is 1.07. The molecular formula is C17H23BrN2O2S. The summed E-state index contributed by atoms with van der Waals surface area (Å²) in [5.74, 6) is -0.251. The van der Waals surface area contributed by atoms with Gasteiger partial charge in [-0.3, -0.25) is 9.59 Å². The Balaban J connectivity index is 1.99. The predicted molar refractivity (Wildman–Crippen MR) is 97.5 cm³/mol. The van der Waals surface area contributed by atoms with Gasteiger partial charge in [-0.25, -0.2) is 0 Å². The molecule has 1 aromatic carbocycles. The number of carbonyl (C=O) groups excluding carboxylic acids is 2. The van der Waals surface area contributed by atoms with Crippen molar-refractivity contribution < 1.29 is 9.59 Å². The molecule has 3 N–H and O–H groups in total. The fourth-order valence-corrected chi connectivity index (χ4v) is 4.31. The number of thioether (sulfide) groups is 1. The van der Waals surface area contributed by atoms with E-state index in [-0.39, 0.29) is 11.7 Å². The molecule has 0 radical (unpaired) electrons. The van der Waals surface area contributed by atoms with Crippen LogP contribution in [0.1, 0.15) is 43.2 Å². The molecule has 1 aromatic rings. The van der Waals surface area contributed by atoms with E-state index in [1.54, 1.807) is 0 Å². The maximum absolute atomic E-state index is 12.3. The molecular weight excluding hydrogens is 376 g/mol. The largest absolute Gasteiger partial charge is 0.368 e. The van der Waals surface area contributed by atoms with Crippen LogP contribution in [0.3, 0.4) is 0 Å². The third-order valence-electron chi connectivity index (χ3n) is 4.37. The molecule has 2 rings (SSSR count). The van der Waals surface area contributed by atoms with Gasteiger partial charge in [0.15, 0.2) is 0 Å². The molecule has 0 aromatic heterocycles. The number of benzene rings is 1. The molecule has 0 unspecified atom stereocenters. The highest BCUT2D eigenvalue weighted by molar-refractivity contribution is 9.10. The lowest BCUT2D eigenvalue weighted by atomic mass is 9.81. The average Bonchev–Trinajstić information content (AvgIpc) is 2.50. The quantitative estimate of drug-likeness (QED) is 0.745. The van der Waals surface area contributed by atoms with Gasteiger partial charge in [0, 0.05) is 9.37 Å². The molecule has 6 heteroatoms. The van der Waals surface area contributed by atoms with Gasteiger partial charge in [-0.1, -0.05) is 35.2 Å². The first-order chi connectivity index (χ1) is 10.8. The van der Waals surface area contributed by atoms with Crippen LogP contribution in [0.2, 0.25) is 0 Å². The van der Waals surface area contributed by atoms with E-state index < -0.39 is 11.4 Å². The summed E-state index contributed by atoms with van der Waals surface area (Å²) in [5, 5.41) is 2.90. The molecule has 0 aliphatic heterocycles. The number of nitrogens with one attached hydrogen (secondary N) is 1. The van der Waals surface area contributed by atoms with Crippen LogP contribution < -0.4 is 11.1 Å². The lowest BCUT2D eigenvalue weighted by Crippen LogP contribution is -2.58. The van der Waals surface area contributed by atoms with Gasteiger partial charge in [-0.15, -0.1) is 11.8 Å². The molecule has 0 spiro atoms. The first-order valence-corrected chi connectivity index (χ1v) is 9.62. The number of primary amides is 1. The maximum atomic E-state index is 12.3. The molecule has 1 aliphatic carbocycles. The van der Waals surface area contributed by atoms with Gasteiger partial charge in [0.25, 0.3) is 0 Å². The SMILES string of the molecule is Cc1cc(SCC(=O)NC2(C(N)=O)CCCCC2)c(C)cc1Br. The fraction of sp³-hybridized carbons (Fsp3) is 0.529. The lowest BCUT2D eigenvalue weighted by molar-refractivity contribution is -0.131. The number of amides is 2. The topological polar surface area (TPSA) is 72.2 Å². The molecule has 1 fully saturated rings. The second-order valence-electron chi connectivity index (χ2n) is 6.21. The van der Waals surface area contributed by atoms with E-state index in [1.165, 1.54) is 11.8 Å². The zero-order chi connectivity index (χ0) is 17.0. The number of carbonyl (C=O) groups is 2. The predicted octanol–water partition coefficient (Wildman–Crippen LogP) is 3.46. The van der Waals surface area contributed by atoms with Crippen LogP contribution >= 0.6 is 27.7 Å². The van der Waals surface area contributed by atoms with Crippen molar-refractivity contribution in [1.29, 1.82) is 0 Å². The third kappa shape index (κ3) is 4.51. The molecule has 126 valence electrons. The van der Waals surface area contributed by atoms with Gasteiger partial charge in [-0.2, -0.15) is 0 Å². The summed E-state index contributed by atoms with van der Waals surface area (Å²) in [4.78, 5) is 25.2. The van der Waals surface area contributed by atoms with E-state index >= 15 is 0 Å². The van der Waals surface area contributed by atoms with Crippen molar-refractivity contribution in [3.8, 4) is 0 Å². The van der Waals surface area contributed by atoms with E-state index in [0.29, 0.717) is 12.8 Å². The van der Waals surface area contributed by atoms with Crippen molar-refractivity contribution in [3.63, 3.8) is 0 Å². The minimum atomic E-state index is -0.847. The van der Waals surface area contributed by atoms with Crippen molar-refractivity contribution in [1.82, 2.24) is 5.32 Å². The summed E-state index contributed by atoms with van der Waals surface area (Å²) in [5.41, 5.74) is 6.97. The Morgan fingerprint density at radius 1 is 1.22 bits per heavy atom. The molecule has 0 saturated heterocycles. The van der Waals surface area contributed by atoms with Crippen LogP contribution in [0.4, 0.5) is 0 Å². The van der Waals surface area contributed by atoms with Gasteiger partial charge in [-0.05, 0) is 49.9 Å². The van der Waals surface area contributed by atoms with E-state index in [9.17, 15) is 9.59 Å². The van der Waals surface area contributed by atoms with Crippen molar-refractivity contribution in [2.45, 2.75) is 56.4 Å². The normalized spacial score (nSPS) is 16.8. The Morgan fingerprint density at radius 2 is 1.87 bits per heavy atom. The second-order valence-corrected chi connectivity index (χ2v) is 8.08. The highest BCUT2D eigenvalue weighted by atomic mass is 79.9. The van der Waals surface area contributed by atoms with Gasteiger partial charge >= 0.3 is 0 Å². The zero-order valence-electron chi connectivity index (χ0n) is 13.6. The van der Waals surface area contributed by atoms with Crippen LogP contribution in [-0.4, -0.2) is 23.1 Å². The Kier molecular flexibility index (Phi) is 6.14. The molecule has 23 heavy (non-hydrogen) atoms. The summed E-state index contributed by atoms with van der Waals surface area (Å²) in [6, 6.07) is 4.13. The highest BCUT2D eigenvalue weighted by Crippen LogP contribution is 2.30. The van der Waals surface area contributed by atoms with Crippen LogP contribution in [0.25, 0.3) is 0 Å². The van der Waals surface area contributed by atoms with Crippen molar-refractivity contribution in [2.24, 2.45) is 5.73 Å². The molecule has 0 atom stereocenters. The van der Waals surface area contributed by atoms with Crippen molar-refractivity contribution >= 4 is 39.5 Å². The molecule has 1 aliphatic rings. The third-order valence-corrected chi connectivity index (χ3v) is 6.38. The van der Waals surface area contributed by atoms with Crippen LogP contribution in [0.15, 0.2) is 21.5 Å². The van der Waals surface area contributed by atoms with Crippen molar-refractivity contribution in [3.05, 3.63) is 27.7 Å². The summed E-state index contributed by atoms with van der Waals surface area (Å²) in [6.07, 6.45) is 4.25. The Labute approximate surface area is 150 Å². The number of rotatable bonds is 5. The number of hydrogen-bond acceptors (Lipinski definition) is 3. The molecule has 4 nitrogen and oxygen atoms in total. The maximum Gasteiger partial charge on any atom is 0.243 e. The highest BCUT2D eigenvalue weighted by Gasteiger charge is 2.39.